The molecule has 1 heteroatoms. The first kappa shape index (κ1) is 12.2. The minimum Gasteiger partial charge on any atom is -0.314 e. The van der Waals surface area contributed by atoms with E-state index in [1.807, 2.05) is 0 Å². The van der Waals surface area contributed by atoms with Crippen LogP contribution in [0.4, 0.5) is 0 Å². The Morgan fingerprint density at radius 1 is 1.11 bits per heavy atom. The zero-order valence-corrected chi connectivity index (χ0v) is 11.7. The molecule has 0 aliphatic heterocycles. The molecule has 1 aromatic carbocycles. The van der Waals surface area contributed by atoms with Gasteiger partial charge in [0.1, 0.15) is 0 Å². The van der Waals surface area contributed by atoms with E-state index in [2.05, 4.69) is 43.4 Å². The van der Waals surface area contributed by atoms with Crippen molar-refractivity contribution in [3.05, 3.63) is 35.4 Å². The summed E-state index contributed by atoms with van der Waals surface area (Å²) in [7, 11) is 0. The number of likely N-dealkylation sites (N-methyl/N-ethyl adjacent to an activating group) is 1. The van der Waals surface area contributed by atoms with Gasteiger partial charge in [-0.1, -0.05) is 36.8 Å². The first-order valence-electron chi connectivity index (χ1n) is 7.55. The molecular formula is C17H25N. The van der Waals surface area contributed by atoms with Gasteiger partial charge in [0.2, 0.25) is 0 Å². The molecule has 3 rings (SSSR count). The fraction of sp³-hybridized carbons (Fsp3) is 0.647. The van der Waals surface area contributed by atoms with Crippen molar-refractivity contribution in [2.24, 2.45) is 17.8 Å². The van der Waals surface area contributed by atoms with Gasteiger partial charge in [0.25, 0.3) is 0 Å². The summed E-state index contributed by atoms with van der Waals surface area (Å²) >= 11 is 0. The minimum absolute atomic E-state index is 0.700. The number of nitrogens with one attached hydrogen (secondary N) is 1. The summed E-state index contributed by atoms with van der Waals surface area (Å²) in [5.41, 5.74) is 2.85. The lowest BCUT2D eigenvalue weighted by molar-refractivity contribution is 0.337. The van der Waals surface area contributed by atoms with E-state index < -0.39 is 0 Å². The van der Waals surface area contributed by atoms with E-state index in [1.165, 1.54) is 36.8 Å². The molecule has 1 nitrogen and oxygen atoms in total. The van der Waals surface area contributed by atoms with Gasteiger partial charge >= 0.3 is 0 Å². The van der Waals surface area contributed by atoms with Crippen LogP contribution in [0.1, 0.15) is 37.3 Å². The highest BCUT2D eigenvalue weighted by molar-refractivity contribution is 5.22. The molecule has 0 heterocycles. The lowest BCUT2D eigenvalue weighted by Gasteiger charge is -2.26. The Bertz CT molecular complexity index is 385. The van der Waals surface area contributed by atoms with Crippen LogP contribution < -0.4 is 5.32 Å². The van der Waals surface area contributed by atoms with Crippen LogP contribution in [0.5, 0.6) is 0 Å². The third kappa shape index (κ3) is 2.61. The number of hydrogen-bond donors (Lipinski definition) is 1. The standard InChI is InChI=1S/C17H25N/c1-3-18-17(16-10-14-9-15(14)11-16)8-13-6-4-12(2)5-7-13/h4-7,14-18H,3,8-11H2,1-2H3. The van der Waals surface area contributed by atoms with E-state index in [1.54, 1.807) is 0 Å². The topological polar surface area (TPSA) is 12.0 Å². The maximum atomic E-state index is 3.73. The maximum absolute atomic E-state index is 3.73. The second-order valence-electron chi connectivity index (χ2n) is 6.34. The Labute approximate surface area is 111 Å². The van der Waals surface area contributed by atoms with Crippen LogP contribution in [0.3, 0.4) is 0 Å². The van der Waals surface area contributed by atoms with Gasteiger partial charge in [-0.3, -0.25) is 0 Å². The molecule has 0 bridgehead atoms. The van der Waals surface area contributed by atoms with Gasteiger partial charge in [0.15, 0.2) is 0 Å². The fourth-order valence-electron chi connectivity index (χ4n) is 3.74. The third-order valence-electron chi connectivity index (χ3n) is 4.89. The molecule has 0 radical (unpaired) electrons. The van der Waals surface area contributed by atoms with Crippen molar-refractivity contribution < 1.29 is 0 Å². The summed E-state index contributed by atoms with van der Waals surface area (Å²) < 4.78 is 0. The number of aryl methyl sites for hydroxylation is 1. The van der Waals surface area contributed by atoms with Crippen molar-refractivity contribution >= 4 is 0 Å². The van der Waals surface area contributed by atoms with E-state index in [0.717, 1.165) is 24.3 Å². The average molecular weight is 243 g/mol. The van der Waals surface area contributed by atoms with Crippen LogP contribution >= 0.6 is 0 Å². The van der Waals surface area contributed by atoms with Crippen molar-refractivity contribution in [1.29, 1.82) is 0 Å². The molecule has 1 N–H and O–H groups in total. The van der Waals surface area contributed by atoms with Crippen LogP contribution in [0.15, 0.2) is 24.3 Å². The molecule has 0 saturated heterocycles. The number of fused-ring (bicyclic) bond motifs is 1. The van der Waals surface area contributed by atoms with E-state index in [4.69, 9.17) is 0 Å². The van der Waals surface area contributed by atoms with E-state index in [-0.39, 0.29) is 0 Å². The van der Waals surface area contributed by atoms with Gasteiger partial charge in [0, 0.05) is 6.04 Å². The minimum atomic E-state index is 0.700. The normalized spacial score (nSPS) is 31.1. The van der Waals surface area contributed by atoms with Crippen molar-refractivity contribution in [3.8, 4) is 0 Å². The quantitative estimate of drug-likeness (QED) is 0.834. The first-order valence-corrected chi connectivity index (χ1v) is 7.55. The van der Waals surface area contributed by atoms with Gasteiger partial charge in [-0.15, -0.1) is 0 Å². The van der Waals surface area contributed by atoms with E-state index in [9.17, 15) is 0 Å². The van der Waals surface area contributed by atoms with Gasteiger partial charge in [-0.2, -0.15) is 0 Å². The molecule has 3 atom stereocenters. The average Bonchev–Trinajstić information content (AvgIpc) is 2.98. The van der Waals surface area contributed by atoms with Crippen molar-refractivity contribution in [2.45, 2.75) is 45.6 Å². The molecule has 2 saturated carbocycles. The second kappa shape index (κ2) is 5.05. The van der Waals surface area contributed by atoms with Crippen LogP contribution in [0, 0.1) is 24.7 Å². The summed E-state index contributed by atoms with van der Waals surface area (Å²) in [4.78, 5) is 0. The van der Waals surface area contributed by atoms with Gasteiger partial charge in [-0.25, -0.2) is 0 Å². The van der Waals surface area contributed by atoms with Gasteiger partial charge in [0.05, 0.1) is 0 Å². The van der Waals surface area contributed by atoms with Crippen molar-refractivity contribution in [1.82, 2.24) is 5.32 Å². The predicted octanol–water partition coefficient (Wildman–Crippen LogP) is 3.56. The summed E-state index contributed by atoms with van der Waals surface area (Å²) in [6.07, 6.45) is 5.69. The monoisotopic (exact) mass is 243 g/mol. The molecular weight excluding hydrogens is 218 g/mol. The molecule has 2 fully saturated rings. The van der Waals surface area contributed by atoms with Gasteiger partial charge < -0.3 is 5.32 Å². The molecule has 0 aromatic heterocycles. The Balaban J connectivity index is 1.64. The number of benzene rings is 1. The van der Waals surface area contributed by atoms with Gasteiger partial charge in [-0.05, 0) is 62.5 Å². The second-order valence-corrected chi connectivity index (χ2v) is 6.34. The number of rotatable bonds is 5. The highest BCUT2D eigenvalue weighted by Gasteiger charge is 2.47. The Morgan fingerprint density at radius 3 is 2.39 bits per heavy atom. The summed E-state index contributed by atoms with van der Waals surface area (Å²) in [6.45, 7) is 5.50. The highest BCUT2D eigenvalue weighted by Crippen LogP contribution is 2.55. The SMILES string of the molecule is CCNC(Cc1ccc(C)cc1)C1CC2CC2C1. The lowest BCUT2D eigenvalue weighted by atomic mass is 9.89. The number of hydrogen-bond acceptors (Lipinski definition) is 1. The molecule has 2 aliphatic carbocycles. The lowest BCUT2D eigenvalue weighted by Crippen LogP contribution is -2.37. The molecule has 3 unspecified atom stereocenters. The molecule has 1 aromatic rings. The molecule has 0 amide bonds. The Hall–Kier alpha value is -0.820. The molecule has 18 heavy (non-hydrogen) atoms. The van der Waals surface area contributed by atoms with E-state index in [0.29, 0.717) is 6.04 Å². The zero-order valence-electron chi connectivity index (χ0n) is 11.7. The van der Waals surface area contributed by atoms with Crippen LogP contribution in [0.2, 0.25) is 0 Å². The predicted molar refractivity (Wildman–Crippen MR) is 76.7 cm³/mol. The Morgan fingerprint density at radius 2 is 1.78 bits per heavy atom. The zero-order chi connectivity index (χ0) is 12.5. The van der Waals surface area contributed by atoms with Crippen LogP contribution in [-0.2, 0) is 6.42 Å². The Kier molecular flexibility index (Phi) is 3.43. The van der Waals surface area contributed by atoms with Crippen molar-refractivity contribution in [3.63, 3.8) is 0 Å². The smallest absolute Gasteiger partial charge is 0.0136 e. The maximum Gasteiger partial charge on any atom is 0.0136 e. The first-order chi connectivity index (χ1) is 8.76. The largest absolute Gasteiger partial charge is 0.314 e. The molecule has 2 aliphatic rings. The fourth-order valence-corrected chi connectivity index (χ4v) is 3.74. The summed E-state index contributed by atoms with van der Waals surface area (Å²) in [5, 5.41) is 3.73. The van der Waals surface area contributed by atoms with E-state index >= 15 is 0 Å². The van der Waals surface area contributed by atoms with Crippen molar-refractivity contribution in [2.75, 3.05) is 6.54 Å². The highest BCUT2D eigenvalue weighted by atomic mass is 14.9. The van der Waals surface area contributed by atoms with Crippen LogP contribution in [0.25, 0.3) is 0 Å². The molecule has 0 spiro atoms. The summed E-state index contributed by atoms with van der Waals surface area (Å²) in [6, 6.07) is 9.78. The third-order valence-corrected chi connectivity index (χ3v) is 4.89. The molecule has 98 valence electrons. The van der Waals surface area contributed by atoms with Crippen LogP contribution in [-0.4, -0.2) is 12.6 Å². The summed E-state index contributed by atoms with van der Waals surface area (Å²) in [5.74, 6) is 3.11.